The van der Waals surface area contributed by atoms with Crippen molar-refractivity contribution in [3.8, 4) is 0 Å². The van der Waals surface area contributed by atoms with Gasteiger partial charge in [0.2, 0.25) is 5.91 Å². The highest BCUT2D eigenvalue weighted by Gasteiger charge is 2.22. The van der Waals surface area contributed by atoms with Crippen molar-refractivity contribution in [1.29, 1.82) is 0 Å². The zero-order valence-corrected chi connectivity index (χ0v) is 16.7. The monoisotopic (exact) mass is 396 g/mol. The van der Waals surface area contributed by atoms with Gasteiger partial charge >= 0.3 is 0 Å². The molecule has 7 nitrogen and oxygen atoms in total. The van der Waals surface area contributed by atoms with Crippen LogP contribution in [0.2, 0.25) is 0 Å². The van der Waals surface area contributed by atoms with E-state index in [1.54, 1.807) is 17.6 Å². The molecule has 1 unspecified atom stereocenters. The van der Waals surface area contributed by atoms with Crippen molar-refractivity contribution in [2.75, 3.05) is 18.0 Å². The Morgan fingerprint density at radius 2 is 2.00 bits per heavy atom. The van der Waals surface area contributed by atoms with Crippen LogP contribution in [0.1, 0.15) is 26.3 Å². The van der Waals surface area contributed by atoms with E-state index in [4.69, 9.17) is 0 Å². The van der Waals surface area contributed by atoms with Gasteiger partial charge in [-0.25, -0.2) is 13.4 Å². The van der Waals surface area contributed by atoms with Crippen molar-refractivity contribution < 1.29 is 13.2 Å². The second kappa shape index (κ2) is 9.11. The van der Waals surface area contributed by atoms with Crippen LogP contribution in [0.4, 0.5) is 5.82 Å². The molecule has 0 aromatic carbocycles. The predicted molar refractivity (Wildman–Crippen MR) is 104 cm³/mol. The van der Waals surface area contributed by atoms with E-state index in [0.29, 0.717) is 0 Å². The van der Waals surface area contributed by atoms with E-state index in [1.165, 1.54) is 13.0 Å². The third-order valence-electron chi connectivity index (χ3n) is 3.85. The molecule has 0 aliphatic rings. The fourth-order valence-electron chi connectivity index (χ4n) is 2.36. The molecule has 0 aliphatic heterocycles. The van der Waals surface area contributed by atoms with Crippen molar-refractivity contribution in [3.05, 3.63) is 41.4 Å². The first kappa shape index (κ1) is 20.3. The van der Waals surface area contributed by atoms with Crippen LogP contribution in [0.15, 0.2) is 40.1 Å². The molecule has 1 atom stereocenters. The highest BCUT2D eigenvalue weighted by atomic mass is 32.2. The number of hydrogen-bond donors (Lipinski definition) is 2. The van der Waals surface area contributed by atoms with Crippen molar-refractivity contribution in [1.82, 2.24) is 15.0 Å². The second-order valence-electron chi connectivity index (χ2n) is 5.69. The van der Waals surface area contributed by atoms with Crippen molar-refractivity contribution in [3.63, 3.8) is 0 Å². The summed E-state index contributed by atoms with van der Waals surface area (Å²) in [4.78, 5) is 18.7. The highest BCUT2D eigenvalue weighted by molar-refractivity contribution is 7.91. The molecular formula is C17H24N4O3S2. The maximum atomic E-state index is 12.2. The lowest BCUT2D eigenvalue weighted by Gasteiger charge is -2.19. The van der Waals surface area contributed by atoms with E-state index in [2.05, 4.69) is 33.8 Å². The lowest BCUT2D eigenvalue weighted by atomic mass is 10.2. The summed E-state index contributed by atoms with van der Waals surface area (Å²) in [6.45, 7) is 7.69. The summed E-state index contributed by atoms with van der Waals surface area (Å²) in [6.07, 6.45) is 1.72. The molecular weight excluding hydrogens is 372 g/mol. The molecule has 0 saturated carbocycles. The Labute approximate surface area is 158 Å². The first-order valence-corrected chi connectivity index (χ1v) is 10.8. The largest absolute Gasteiger partial charge is 0.357 e. The molecule has 2 aromatic rings. The summed E-state index contributed by atoms with van der Waals surface area (Å²) in [7, 11) is -3.68. The Bertz CT molecular complexity index is 801. The second-order valence-corrected chi connectivity index (χ2v) is 8.58. The van der Waals surface area contributed by atoms with Gasteiger partial charge in [0.25, 0.3) is 10.0 Å². The maximum Gasteiger partial charge on any atom is 0.250 e. The maximum absolute atomic E-state index is 12.2. The van der Waals surface area contributed by atoms with E-state index in [1.807, 2.05) is 12.1 Å². The Balaban J connectivity index is 1.90. The molecule has 0 saturated heterocycles. The molecule has 0 fully saturated rings. The molecule has 0 bridgehead atoms. The number of anilines is 1. The third kappa shape index (κ3) is 5.26. The average molecular weight is 397 g/mol. The Hall–Kier alpha value is -1.97. The lowest BCUT2D eigenvalue weighted by Crippen LogP contribution is -2.44. The van der Waals surface area contributed by atoms with E-state index >= 15 is 0 Å². The normalized spacial score (nSPS) is 12.6. The Morgan fingerprint density at radius 3 is 2.54 bits per heavy atom. The van der Waals surface area contributed by atoms with Gasteiger partial charge in [0, 0.05) is 25.8 Å². The van der Waals surface area contributed by atoms with Crippen LogP contribution in [0.5, 0.6) is 0 Å². The van der Waals surface area contributed by atoms with Gasteiger partial charge in [-0.15, -0.1) is 11.3 Å². The van der Waals surface area contributed by atoms with Crippen LogP contribution in [-0.2, 0) is 21.4 Å². The standard InChI is InChI=1S/C17H24N4O3S2/c1-4-21(5-2)15-9-8-14(11-18-15)12-19-17(22)13(3)20-26(23,24)16-7-6-10-25-16/h6-11,13,20H,4-5,12H2,1-3H3,(H,19,22). The SMILES string of the molecule is CCN(CC)c1ccc(CNC(=O)C(C)NS(=O)(=O)c2cccs2)cn1. The van der Waals surface area contributed by atoms with Crippen LogP contribution in [-0.4, -0.2) is 38.4 Å². The number of amides is 1. The predicted octanol–water partition coefficient (Wildman–Crippen LogP) is 1.97. The van der Waals surface area contributed by atoms with Crippen molar-refractivity contribution >= 4 is 33.1 Å². The number of sulfonamides is 1. The van der Waals surface area contributed by atoms with Gasteiger partial charge in [-0.05, 0) is 43.8 Å². The molecule has 1 amide bonds. The number of nitrogens with zero attached hydrogens (tertiary/aromatic N) is 2. The van der Waals surface area contributed by atoms with Crippen LogP contribution in [0.25, 0.3) is 0 Å². The van der Waals surface area contributed by atoms with E-state index in [9.17, 15) is 13.2 Å². The zero-order valence-electron chi connectivity index (χ0n) is 15.1. The topological polar surface area (TPSA) is 91.4 Å². The molecule has 9 heteroatoms. The third-order valence-corrected chi connectivity index (χ3v) is 6.79. The Kier molecular flexibility index (Phi) is 7.13. The summed E-state index contributed by atoms with van der Waals surface area (Å²) in [5.74, 6) is 0.500. The van der Waals surface area contributed by atoms with Crippen LogP contribution in [0.3, 0.4) is 0 Å². The number of thiophene rings is 1. The first-order valence-electron chi connectivity index (χ1n) is 8.40. The minimum absolute atomic E-state index is 0.188. The van der Waals surface area contributed by atoms with Gasteiger partial charge in [-0.3, -0.25) is 4.79 Å². The summed E-state index contributed by atoms with van der Waals surface area (Å²) in [5, 5.41) is 4.40. The van der Waals surface area contributed by atoms with Gasteiger partial charge < -0.3 is 10.2 Å². The molecule has 26 heavy (non-hydrogen) atoms. The van der Waals surface area contributed by atoms with Gasteiger partial charge in [0.05, 0.1) is 6.04 Å². The molecule has 2 N–H and O–H groups in total. The van der Waals surface area contributed by atoms with Gasteiger partial charge in [0.15, 0.2) is 0 Å². The van der Waals surface area contributed by atoms with Gasteiger partial charge in [0.1, 0.15) is 10.0 Å². The number of carbonyl (C=O) groups is 1. The highest BCUT2D eigenvalue weighted by Crippen LogP contribution is 2.15. The summed E-state index contributed by atoms with van der Waals surface area (Å²) in [6, 6.07) is 6.10. The summed E-state index contributed by atoms with van der Waals surface area (Å²) >= 11 is 1.11. The average Bonchev–Trinajstić information content (AvgIpc) is 3.17. The number of aromatic nitrogens is 1. The zero-order chi connectivity index (χ0) is 19.2. The van der Waals surface area contributed by atoms with Gasteiger partial charge in [-0.2, -0.15) is 4.72 Å². The van der Waals surface area contributed by atoms with Crippen molar-refractivity contribution in [2.24, 2.45) is 0 Å². The van der Waals surface area contributed by atoms with E-state index in [-0.39, 0.29) is 10.8 Å². The van der Waals surface area contributed by atoms with Gasteiger partial charge in [-0.1, -0.05) is 12.1 Å². The van der Waals surface area contributed by atoms with E-state index in [0.717, 1.165) is 35.8 Å². The minimum Gasteiger partial charge on any atom is -0.357 e. The number of rotatable bonds is 9. The molecule has 2 aromatic heterocycles. The number of pyridine rings is 1. The number of carbonyl (C=O) groups excluding carboxylic acids is 1. The van der Waals surface area contributed by atoms with Crippen LogP contribution in [0, 0.1) is 0 Å². The fourth-order valence-corrected chi connectivity index (χ4v) is 4.57. The van der Waals surface area contributed by atoms with Crippen molar-refractivity contribution in [2.45, 2.75) is 37.6 Å². The molecule has 2 rings (SSSR count). The summed E-state index contributed by atoms with van der Waals surface area (Å²) < 4.78 is 26.9. The fraction of sp³-hybridized carbons (Fsp3) is 0.412. The van der Waals surface area contributed by atoms with Crippen LogP contribution >= 0.6 is 11.3 Å². The Morgan fingerprint density at radius 1 is 1.27 bits per heavy atom. The smallest absolute Gasteiger partial charge is 0.250 e. The minimum atomic E-state index is -3.68. The quantitative estimate of drug-likeness (QED) is 0.676. The van der Waals surface area contributed by atoms with Crippen LogP contribution < -0.4 is 14.9 Å². The first-order chi connectivity index (χ1) is 12.4. The molecule has 0 aliphatic carbocycles. The number of nitrogens with one attached hydrogen (secondary N) is 2. The number of hydrogen-bond acceptors (Lipinski definition) is 6. The van der Waals surface area contributed by atoms with E-state index < -0.39 is 22.0 Å². The molecule has 0 spiro atoms. The molecule has 142 valence electrons. The summed E-state index contributed by atoms with van der Waals surface area (Å²) in [5.41, 5.74) is 0.850. The lowest BCUT2D eigenvalue weighted by molar-refractivity contribution is -0.122. The molecule has 2 heterocycles. The molecule has 0 radical (unpaired) electrons.